The molecule has 29 heavy (non-hydrogen) atoms. The van der Waals surface area contributed by atoms with E-state index < -0.39 is 6.36 Å². The lowest BCUT2D eigenvalue weighted by Gasteiger charge is -2.32. The van der Waals surface area contributed by atoms with Gasteiger partial charge in [0.1, 0.15) is 11.4 Å². The first-order valence-corrected chi connectivity index (χ1v) is 9.56. The number of benzene rings is 1. The molecule has 3 aromatic rings. The molecule has 1 aromatic carbocycles. The number of halogens is 3. The van der Waals surface area contributed by atoms with Crippen LogP contribution in [0.3, 0.4) is 0 Å². The van der Waals surface area contributed by atoms with Crippen LogP contribution in [0.1, 0.15) is 24.1 Å². The van der Waals surface area contributed by atoms with Crippen molar-refractivity contribution in [2.75, 3.05) is 13.1 Å². The van der Waals surface area contributed by atoms with Crippen LogP contribution in [0.15, 0.2) is 54.9 Å². The molecule has 1 aliphatic heterocycles. The lowest BCUT2D eigenvalue weighted by Crippen LogP contribution is -2.39. The van der Waals surface area contributed by atoms with Crippen molar-refractivity contribution < 1.29 is 22.6 Å². The molecule has 1 saturated heterocycles. The Morgan fingerprint density at radius 3 is 2.86 bits per heavy atom. The number of piperidine rings is 1. The van der Waals surface area contributed by atoms with Crippen LogP contribution in [0, 0.1) is 0 Å². The van der Waals surface area contributed by atoms with Gasteiger partial charge in [0, 0.05) is 25.5 Å². The van der Waals surface area contributed by atoms with Crippen LogP contribution in [-0.4, -0.2) is 39.8 Å². The van der Waals surface area contributed by atoms with Crippen molar-refractivity contribution in [3.63, 3.8) is 0 Å². The molecule has 1 aliphatic rings. The smallest absolute Gasteiger partial charge is 0.406 e. The van der Waals surface area contributed by atoms with Gasteiger partial charge in [0.05, 0.1) is 18.4 Å². The number of aromatic nitrogens is 2. The van der Waals surface area contributed by atoms with Gasteiger partial charge in [0.15, 0.2) is 0 Å². The Morgan fingerprint density at radius 1 is 1.14 bits per heavy atom. The Kier molecular flexibility index (Phi) is 5.73. The summed E-state index contributed by atoms with van der Waals surface area (Å²) in [6.45, 7) is 2.74. The number of hydrogen-bond acceptors (Lipinski definition) is 4. The molecule has 0 N–H and O–H groups in total. The number of hydrogen-bond donors (Lipinski definition) is 0. The molecule has 0 spiro atoms. The van der Waals surface area contributed by atoms with E-state index >= 15 is 0 Å². The van der Waals surface area contributed by atoms with Gasteiger partial charge in [-0.1, -0.05) is 18.2 Å². The van der Waals surface area contributed by atoms with Crippen LogP contribution < -0.4 is 4.74 Å². The number of rotatable bonds is 6. The van der Waals surface area contributed by atoms with Gasteiger partial charge in [-0.05, 0) is 49.2 Å². The second-order valence-corrected chi connectivity index (χ2v) is 7.20. The molecule has 0 amide bonds. The fourth-order valence-electron chi connectivity index (χ4n) is 3.63. The number of fused-ring (bicyclic) bond motifs is 1. The Bertz CT molecular complexity index is 924. The van der Waals surface area contributed by atoms with Gasteiger partial charge in [0.2, 0.25) is 0 Å². The van der Waals surface area contributed by atoms with Gasteiger partial charge in [-0.15, -0.1) is 13.2 Å². The molecular formula is C21H22F3N3O2. The van der Waals surface area contributed by atoms with Crippen molar-refractivity contribution >= 4 is 5.65 Å². The fourth-order valence-corrected chi connectivity index (χ4v) is 3.63. The van der Waals surface area contributed by atoms with Crippen LogP contribution in [0.25, 0.3) is 5.65 Å². The van der Waals surface area contributed by atoms with Crippen molar-refractivity contribution in [3.05, 3.63) is 66.1 Å². The fraction of sp³-hybridized carbons (Fsp3) is 0.381. The predicted octanol–water partition coefficient (Wildman–Crippen LogP) is 4.41. The average molecular weight is 405 g/mol. The quantitative estimate of drug-likeness (QED) is 0.609. The van der Waals surface area contributed by atoms with E-state index in [1.165, 1.54) is 18.2 Å². The van der Waals surface area contributed by atoms with Gasteiger partial charge >= 0.3 is 6.36 Å². The maximum atomic E-state index is 12.4. The standard InChI is InChI=1S/C21H22F3N3O2/c22-21(23,24)29-18-6-3-5-16(11-18)15-28-19-7-4-9-26(14-19)12-17-13-27-10-2-1-8-20(27)25-17/h1-3,5-6,8,10-11,13,19H,4,7,9,12,14-15H2/t19-/m0/s1. The lowest BCUT2D eigenvalue weighted by atomic mass is 10.1. The molecule has 0 aliphatic carbocycles. The summed E-state index contributed by atoms with van der Waals surface area (Å²) in [6.07, 6.45) is 1.29. The highest BCUT2D eigenvalue weighted by molar-refractivity contribution is 5.39. The predicted molar refractivity (Wildman–Crippen MR) is 101 cm³/mol. The molecule has 0 unspecified atom stereocenters. The monoisotopic (exact) mass is 405 g/mol. The maximum absolute atomic E-state index is 12.4. The van der Waals surface area contributed by atoms with E-state index in [0.717, 1.165) is 43.8 Å². The molecule has 1 fully saturated rings. The minimum absolute atomic E-state index is 0.0352. The van der Waals surface area contributed by atoms with Crippen LogP contribution >= 0.6 is 0 Å². The summed E-state index contributed by atoms with van der Waals surface area (Å²) < 4.78 is 49.1. The van der Waals surface area contributed by atoms with E-state index in [2.05, 4.69) is 14.6 Å². The number of pyridine rings is 1. The zero-order valence-electron chi connectivity index (χ0n) is 15.8. The van der Waals surface area contributed by atoms with Crippen LogP contribution in [0.4, 0.5) is 13.2 Å². The third-order valence-corrected chi connectivity index (χ3v) is 4.88. The second-order valence-electron chi connectivity index (χ2n) is 7.20. The Labute approximate surface area is 166 Å². The first-order chi connectivity index (χ1) is 13.9. The molecular weight excluding hydrogens is 383 g/mol. The molecule has 4 rings (SSSR count). The van der Waals surface area contributed by atoms with Gasteiger partial charge in [-0.25, -0.2) is 4.98 Å². The zero-order chi connectivity index (χ0) is 20.3. The topological polar surface area (TPSA) is 39.0 Å². The molecule has 2 aromatic heterocycles. The van der Waals surface area contributed by atoms with E-state index in [9.17, 15) is 13.2 Å². The highest BCUT2D eigenvalue weighted by atomic mass is 19.4. The number of likely N-dealkylation sites (tertiary alicyclic amines) is 1. The minimum Gasteiger partial charge on any atom is -0.406 e. The first kappa shape index (κ1) is 19.7. The lowest BCUT2D eigenvalue weighted by molar-refractivity contribution is -0.274. The summed E-state index contributed by atoms with van der Waals surface area (Å²) in [6, 6.07) is 11.8. The first-order valence-electron chi connectivity index (χ1n) is 9.56. The summed E-state index contributed by atoms with van der Waals surface area (Å²) in [5.74, 6) is -0.226. The number of nitrogens with zero attached hydrogens (tertiary/aromatic N) is 3. The molecule has 0 saturated carbocycles. The van der Waals surface area contributed by atoms with Crippen molar-refractivity contribution in [2.24, 2.45) is 0 Å². The summed E-state index contributed by atoms with van der Waals surface area (Å²) >= 11 is 0. The third-order valence-electron chi connectivity index (χ3n) is 4.88. The highest BCUT2D eigenvalue weighted by Gasteiger charge is 2.31. The van der Waals surface area contributed by atoms with E-state index in [0.29, 0.717) is 5.56 Å². The van der Waals surface area contributed by atoms with E-state index in [-0.39, 0.29) is 18.5 Å². The normalized spacial score (nSPS) is 18.2. The van der Waals surface area contributed by atoms with E-state index in [4.69, 9.17) is 4.74 Å². The summed E-state index contributed by atoms with van der Waals surface area (Å²) in [5, 5.41) is 0. The molecule has 8 heteroatoms. The SMILES string of the molecule is FC(F)(F)Oc1cccc(CO[C@H]2CCCN(Cc3cn4ccccc4n3)C2)c1. The van der Waals surface area contributed by atoms with Crippen molar-refractivity contribution in [3.8, 4) is 5.75 Å². The Morgan fingerprint density at radius 2 is 2.03 bits per heavy atom. The Balaban J connectivity index is 1.31. The van der Waals surface area contributed by atoms with Crippen LogP contribution in [0.5, 0.6) is 5.75 Å². The third kappa shape index (κ3) is 5.48. The van der Waals surface area contributed by atoms with Gasteiger partial charge < -0.3 is 13.9 Å². The maximum Gasteiger partial charge on any atom is 0.573 e. The van der Waals surface area contributed by atoms with Gasteiger partial charge in [-0.2, -0.15) is 0 Å². The number of ether oxygens (including phenoxy) is 2. The molecule has 0 bridgehead atoms. The van der Waals surface area contributed by atoms with Gasteiger partial charge in [0.25, 0.3) is 0 Å². The van der Waals surface area contributed by atoms with Crippen LogP contribution in [-0.2, 0) is 17.9 Å². The molecule has 1 atom stereocenters. The molecule has 5 nitrogen and oxygen atoms in total. The Hall–Kier alpha value is -2.58. The largest absolute Gasteiger partial charge is 0.573 e. The minimum atomic E-state index is -4.69. The average Bonchev–Trinajstić information content (AvgIpc) is 3.08. The van der Waals surface area contributed by atoms with Crippen molar-refractivity contribution in [2.45, 2.75) is 38.5 Å². The second kappa shape index (κ2) is 8.42. The highest BCUT2D eigenvalue weighted by Crippen LogP contribution is 2.24. The van der Waals surface area contributed by atoms with Gasteiger partial charge in [-0.3, -0.25) is 4.90 Å². The summed E-state index contributed by atoms with van der Waals surface area (Å²) in [4.78, 5) is 6.94. The van der Waals surface area contributed by atoms with Crippen LogP contribution in [0.2, 0.25) is 0 Å². The molecule has 3 heterocycles. The van der Waals surface area contributed by atoms with E-state index in [1.54, 1.807) is 6.07 Å². The molecule has 154 valence electrons. The zero-order valence-corrected chi connectivity index (χ0v) is 15.8. The number of alkyl halides is 3. The van der Waals surface area contributed by atoms with Crippen molar-refractivity contribution in [1.82, 2.24) is 14.3 Å². The summed E-state index contributed by atoms with van der Waals surface area (Å²) in [7, 11) is 0. The number of imidazole rings is 1. The van der Waals surface area contributed by atoms with Crippen molar-refractivity contribution in [1.29, 1.82) is 0 Å². The summed E-state index contributed by atoms with van der Waals surface area (Å²) in [5.41, 5.74) is 2.59. The molecule has 0 radical (unpaired) electrons. The van der Waals surface area contributed by atoms with E-state index in [1.807, 2.05) is 35.0 Å².